The summed E-state index contributed by atoms with van der Waals surface area (Å²) in [5.41, 5.74) is 3.91. The second kappa shape index (κ2) is 9.96. The average Bonchev–Trinajstić information content (AvgIpc) is 3.20. The summed E-state index contributed by atoms with van der Waals surface area (Å²) in [5, 5.41) is 3.16. The third-order valence-corrected chi connectivity index (χ3v) is 6.02. The van der Waals surface area contributed by atoms with Crippen LogP contribution in [0.25, 0.3) is 16.7 Å². The molecule has 0 aliphatic rings. The Labute approximate surface area is 200 Å². The van der Waals surface area contributed by atoms with E-state index in [1.54, 1.807) is 37.3 Å². The molecule has 0 unspecified atom stereocenters. The number of nitrogens with zero attached hydrogens (tertiary/aromatic N) is 2. The molecule has 34 heavy (non-hydrogen) atoms. The minimum Gasteiger partial charge on any atom is -0.462 e. The lowest BCUT2D eigenvalue weighted by molar-refractivity contribution is -0.113. The van der Waals surface area contributed by atoms with E-state index in [9.17, 15) is 14.4 Å². The number of H-pyrrole nitrogens is 1. The number of ether oxygens (including phenoxy) is 1. The topological polar surface area (TPSA) is 106 Å². The van der Waals surface area contributed by atoms with Crippen LogP contribution in [0.4, 0.5) is 5.69 Å². The van der Waals surface area contributed by atoms with Crippen molar-refractivity contribution in [2.24, 2.45) is 0 Å². The summed E-state index contributed by atoms with van der Waals surface area (Å²) in [5.74, 6) is -0.851. The molecule has 2 aromatic carbocycles. The first-order valence-electron chi connectivity index (χ1n) is 10.8. The highest BCUT2D eigenvalue weighted by molar-refractivity contribution is 7.99. The number of aromatic nitrogens is 3. The number of aryl methyl sites for hydroxylation is 2. The molecule has 4 aromatic rings. The number of para-hydroxylation sites is 1. The first-order chi connectivity index (χ1) is 16.4. The maximum Gasteiger partial charge on any atom is 0.340 e. The van der Waals surface area contributed by atoms with E-state index in [2.05, 4.69) is 15.3 Å². The molecule has 0 spiro atoms. The van der Waals surface area contributed by atoms with Crippen LogP contribution in [0.2, 0.25) is 0 Å². The summed E-state index contributed by atoms with van der Waals surface area (Å²) >= 11 is 1.15. The van der Waals surface area contributed by atoms with Gasteiger partial charge in [0.15, 0.2) is 5.16 Å². The highest BCUT2D eigenvalue weighted by atomic mass is 32.2. The standard InChI is InChI=1S/C25H24N4O4S/c1-4-33-24(32)18-7-5-6-8-19(18)27-21(30)14-34-25-28-20-13-16(3)26-22(20)23(31)29(25)17-11-9-15(2)10-12-17/h5-13,26H,4,14H2,1-3H3,(H,27,30). The molecule has 8 nitrogen and oxygen atoms in total. The van der Waals surface area contributed by atoms with Crippen molar-refractivity contribution in [3.63, 3.8) is 0 Å². The molecule has 0 saturated carbocycles. The molecule has 4 rings (SSSR count). The van der Waals surface area contributed by atoms with Crippen molar-refractivity contribution < 1.29 is 14.3 Å². The van der Waals surface area contributed by atoms with Gasteiger partial charge in [0.25, 0.3) is 5.56 Å². The van der Waals surface area contributed by atoms with Crippen molar-refractivity contribution in [1.29, 1.82) is 0 Å². The number of hydrogen-bond acceptors (Lipinski definition) is 6. The van der Waals surface area contributed by atoms with Crippen LogP contribution in [0.5, 0.6) is 0 Å². The monoisotopic (exact) mass is 476 g/mol. The molecular formula is C25H24N4O4S. The lowest BCUT2D eigenvalue weighted by Gasteiger charge is -2.13. The molecule has 2 N–H and O–H groups in total. The normalized spacial score (nSPS) is 10.9. The van der Waals surface area contributed by atoms with Crippen LogP contribution >= 0.6 is 11.8 Å². The number of nitrogens with one attached hydrogen (secondary N) is 2. The van der Waals surface area contributed by atoms with E-state index in [4.69, 9.17) is 4.74 Å². The predicted molar refractivity (Wildman–Crippen MR) is 133 cm³/mol. The minimum atomic E-state index is -0.505. The highest BCUT2D eigenvalue weighted by Crippen LogP contribution is 2.23. The summed E-state index contributed by atoms with van der Waals surface area (Å²) in [7, 11) is 0. The van der Waals surface area contributed by atoms with E-state index in [-0.39, 0.29) is 29.4 Å². The van der Waals surface area contributed by atoms with Gasteiger partial charge in [-0.3, -0.25) is 14.2 Å². The van der Waals surface area contributed by atoms with Crippen LogP contribution in [0.1, 0.15) is 28.5 Å². The van der Waals surface area contributed by atoms with Crippen molar-refractivity contribution in [2.75, 3.05) is 17.7 Å². The third kappa shape index (κ3) is 4.89. The molecule has 0 saturated heterocycles. The van der Waals surface area contributed by atoms with Gasteiger partial charge in [-0.05, 0) is 51.1 Å². The predicted octanol–water partition coefficient (Wildman–Crippen LogP) is 4.24. The first kappa shape index (κ1) is 23.3. The lowest BCUT2D eigenvalue weighted by Crippen LogP contribution is -2.23. The molecule has 0 radical (unpaired) electrons. The van der Waals surface area contributed by atoms with Gasteiger partial charge in [-0.25, -0.2) is 9.78 Å². The van der Waals surface area contributed by atoms with E-state index in [1.165, 1.54) is 4.57 Å². The van der Waals surface area contributed by atoms with Crippen LogP contribution in [-0.2, 0) is 9.53 Å². The van der Waals surface area contributed by atoms with Crippen LogP contribution in [0.3, 0.4) is 0 Å². The number of esters is 1. The Morgan fingerprint density at radius 3 is 2.59 bits per heavy atom. The summed E-state index contributed by atoms with van der Waals surface area (Å²) in [4.78, 5) is 46.0. The molecule has 2 heterocycles. The first-order valence-corrected chi connectivity index (χ1v) is 11.7. The van der Waals surface area contributed by atoms with E-state index in [1.807, 2.05) is 38.1 Å². The van der Waals surface area contributed by atoms with Crippen LogP contribution in [-0.4, -0.2) is 38.8 Å². The number of hydrogen-bond donors (Lipinski definition) is 2. The Bertz CT molecular complexity index is 1420. The Balaban J connectivity index is 1.62. The lowest BCUT2D eigenvalue weighted by atomic mass is 10.2. The van der Waals surface area contributed by atoms with Gasteiger partial charge in [0.1, 0.15) is 5.52 Å². The number of aromatic amines is 1. The number of fused-ring (bicyclic) bond motifs is 1. The quantitative estimate of drug-likeness (QED) is 0.235. The Morgan fingerprint density at radius 2 is 1.85 bits per heavy atom. The fourth-order valence-electron chi connectivity index (χ4n) is 3.49. The van der Waals surface area contributed by atoms with Crippen LogP contribution in [0.15, 0.2) is 64.5 Å². The molecule has 0 bridgehead atoms. The maximum atomic E-state index is 13.3. The maximum absolute atomic E-state index is 13.3. The number of carbonyl (C=O) groups is 2. The van der Waals surface area contributed by atoms with E-state index in [0.29, 0.717) is 27.6 Å². The Kier molecular flexibility index (Phi) is 6.83. The number of thioether (sulfide) groups is 1. The molecule has 2 aromatic heterocycles. The van der Waals surface area contributed by atoms with Crippen molar-refractivity contribution in [3.05, 3.63) is 81.8 Å². The number of anilines is 1. The van der Waals surface area contributed by atoms with Crippen LogP contribution < -0.4 is 10.9 Å². The van der Waals surface area contributed by atoms with Gasteiger partial charge in [-0.1, -0.05) is 41.6 Å². The fraction of sp³-hybridized carbons (Fsp3) is 0.200. The zero-order valence-electron chi connectivity index (χ0n) is 19.0. The van der Waals surface area contributed by atoms with Crippen molar-refractivity contribution >= 4 is 40.4 Å². The summed E-state index contributed by atoms with van der Waals surface area (Å²) in [6, 6.07) is 16.0. The molecule has 0 fully saturated rings. The van der Waals surface area contributed by atoms with E-state index in [0.717, 1.165) is 23.0 Å². The largest absolute Gasteiger partial charge is 0.462 e. The van der Waals surface area contributed by atoms with Crippen molar-refractivity contribution in [3.8, 4) is 5.69 Å². The highest BCUT2D eigenvalue weighted by Gasteiger charge is 2.18. The molecule has 174 valence electrons. The smallest absolute Gasteiger partial charge is 0.340 e. The Morgan fingerprint density at radius 1 is 1.12 bits per heavy atom. The van der Waals surface area contributed by atoms with Gasteiger partial charge < -0.3 is 15.0 Å². The SMILES string of the molecule is CCOC(=O)c1ccccc1NC(=O)CSc1nc2cc(C)[nH]c2c(=O)n1-c1ccc(C)cc1. The molecule has 0 aliphatic carbocycles. The second-order valence-electron chi connectivity index (χ2n) is 7.69. The zero-order chi connectivity index (χ0) is 24.2. The van der Waals surface area contributed by atoms with Crippen molar-refractivity contribution in [2.45, 2.75) is 25.9 Å². The van der Waals surface area contributed by atoms with E-state index < -0.39 is 5.97 Å². The molecule has 1 amide bonds. The van der Waals surface area contributed by atoms with Gasteiger partial charge in [0.05, 0.1) is 34.8 Å². The van der Waals surface area contributed by atoms with Gasteiger partial charge in [0, 0.05) is 5.69 Å². The van der Waals surface area contributed by atoms with Crippen LogP contribution in [0, 0.1) is 13.8 Å². The zero-order valence-corrected chi connectivity index (χ0v) is 19.9. The third-order valence-electron chi connectivity index (χ3n) is 5.08. The number of benzene rings is 2. The fourth-order valence-corrected chi connectivity index (χ4v) is 4.30. The molecule has 9 heteroatoms. The van der Waals surface area contributed by atoms with Gasteiger partial charge >= 0.3 is 5.97 Å². The summed E-state index contributed by atoms with van der Waals surface area (Å²) in [6.07, 6.45) is 0. The molecular weight excluding hydrogens is 452 g/mol. The number of carbonyl (C=O) groups excluding carboxylic acids is 2. The molecule has 0 atom stereocenters. The minimum absolute atomic E-state index is 0.00955. The summed E-state index contributed by atoms with van der Waals surface area (Å²) < 4.78 is 6.56. The van der Waals surface area contributed by atoms with Gasteiger partial charge in [-0.2, -0.15) is 0 Å². The van der Waals surface area contributed by atoms with E-state index >= 15 is 0 Å². The van der Waals surface area contributed by atoms with Gasteiger partial charge in [-0.15, -0.1) is 0 Å². The Hall–Kier alpha value is -3.85. The number of rotatable bonds is 7. The van der Waals surface area contributed by atoms with Gasteiger partial charge in [0.2, 0.25) is 5.91 Å². The van der Waals surface area contributed by atoms with Crippen molar-refractivity contribution in [1.82, 2.24) is 14.5 Å². The average molecular weight is 477 g/mol. The number of amides is 1. The molecule has 0 aliphatic heterocycles. The summed E-state index contributed by atoms with van der Waals surface area (Å²) in [6.45, 7) is 5.79. The second-order valence-corrected chi connectivity index (χ2v) is 8.63.